The first-order chi connectivity index (χ1) is 10.5. The summed E-state index contributed by atoms with van der Waals surface area (Å²) in [7, 11) is -2.99. The molecule has 2 aromatic rings. The van der Waals surface area contributed by atoms with Gasteiger partial charge in [-0.3, -0.25) is 4.79 Å². The Labute approximate surface area is 133 Å². The first kappa shape index (κ1) is 15.2. The molecule has 2 heterocycles. The number of nitrogens with zero attached hydrogens (tertiary/aromatic N) is 1. The molecule has 5 nitrogen and oxygen atoms in total. The van der Waals surface area contributed by atoms with Gasteiger partial charge in [-0.2, -0.15) is 0 Å². The second-order valence-corrected chi connectivity index (χ2v) is 8.70. The average molecular weight is 336 g/mol. The van der Waals surface area contributed by atoms with Crippen molar-refractivity contribution in [3.05, 3.63) is 52.0 Å². The van der Waals surface area contributed by atoms with Gasteiger partial charge in [-0.1, -0.05) is 30.3 Å². The normalized spacial score (nSPS) is 19.9. The molecule has 1 amide bonds. The molecule has 22 heavy (non-hydrogen) atoms. The first-order valence-corrected chi connectivity index (χ1v) is 9.65. The number of thiazole rings is 1. The van der Waals surface area contributed by atoms with Crippen LogP contribution in [0.1, 0.15) is 26.7 Å². The lowest BCUT2D eigenvalue weighted by Crippen LogP contribution is -2.35. The van der Waals surface area contributed by atoms with Crippen LogP contribution in [0.25, 0.3) is 0 Å². The van der Waals surface area contributed by atoms with E-state index < -0.39 is 9.84 Å². The Morgan fingerprint density at radius 2 is 2.09 bits per heavy atom. The standard InChI is InChI=1S/C15H16N2O3S2/c18-15(17-12-6-7-22(19,20)10-12)13-9-16-14(21-13)8-11-4-2-1-3-5-11/h1-5,9,12H,6-8,10H2,(H,17,18)/t12-/m0/s1. The highest BCUT2D eigenvalue weighted by Crippen LogP contribution is 2.18. The minimum atomic E-state index is -2.99. The summed E-state index contributed by atoms with van der Waals surface area (Å²) < 4.78 is 22.8. The van der Waals surface area contributed by atoms with Crippen molar-refractivity contribution in [1.82, 2.24) is 10.3 Å². The zero-order valence-corrected chi connectivity index (χ0v) is 13.5. The average Bonchev–Trinajstić information content (AvgIpc) is 3.07. The van der Waals surface area contributed by atoms with Crippen molar-refractivity contribution in [2.24, 2.45) is 0 Å². The van der Waals surface area contributed by atoms with Crippen molar-refractivity contribution in [2.45, 2.75) is 18.9 Å². The van der Waals surface area contributed by atoms with Gasteiger partial charge in [0, 0.05) is 12.5 Å². The molecular weight excluding hydrogens is 320 g/mol. The van der Waals surface area contributed by atoms with Gasteiger partial charge in [0.25, 0.3) is 5.91 Å². The van der Waals surface area contributed by atoms with Crippen molar-refractivity contribution in [3.63, 3.8) is 0 Å². The molecule has 1 aliphatic heterocycles. The second-order valence-electron chi connectivity index (χ2n) is 5.35. The summed E-state index contributed by atoms with van der Waals surface area (Å²) >= 11 is 1.35. The zero-order valence-electron chi connectivity index (χ0n) is 11.9. The van der Waals surface area contributed by atoms with E-state index in [1.54, 1.807) is 6.20 Å². The van der Waals surface area contributed by atoms with Gasteiger partial charge in [0.05, 0.1) is 22.7 Å². The van der Waals surface area contributed by atoms with Crippen LogP contribution >= 0.6 is 11.3 Å². The van der Waals surface area contributed by atoms with Crippen molar-refractivity contribution in [2.75, 3.05) is 11.5 Å². The number of hydrogen-bond donors (Lipinski definition) is 1. The molecule has 0 spiro atoms. The Kier molecular flexibility index (Phi) is 4.26. The van der Waals surface area contributed by atoms with Crippen LogP contribution in [0.15, 0.2) is 36.5 Å². The van der Waals surface area contributed by atoms with Gasteiger partial charge >= 0.3 is 0 Å². The maximum Gasteiger partial charge on any atom is 0.263 e. The Morgan fingerprint density at radius 1 is 1.32 bits per heavy atom. The summed E-state index contributed by atoms with van der Waals surface area (Å²) in [6.07, 6.45) is 2.74. The quantitative estimate of drug-likeness (QED) is 0.921. The maximum atomic E-state index is 12.1. The Balaban J connectivity index is 1.62. The van der Waals surface area contributed by atoms with Crippen LogP contribution in [0.4, 0.5) is 0 Å². The number of rotatable bonds is 4. The van der Waals surface area contributed by atoms with E-state index in [1.807, 2.05) is 30.3 Å². The molecule has 7 heteroatoms. The highest BCUT2D eigenvalue weighted by Gasteiger charge is 2.29. The SMILES string of the molecule is O=C(N[C@H]1CCS(=O)(=O)C1)c1cnc(Cc2ccccc2)s1. The summed E-state index contributed by atoms with van der Waals surface area (Å²) in [5.74, 6) is -0.0483. The first-order valence-electron chi connectivity index (χ1n) is 7.02. The van der Waals surface area contributed by atoms with Crippen LogP contribution in [-0.4, -0.2) is 36.9 Å². The van der Waals surface area contributed by atoms with Crippen LogP contribution in [0, 0.1) is 0 Å². The summed E-state index contributed by atoms with van der Waals surface area (Å²) in [6.45, 7) is 0. The van der Waals surface area contributed by atoms with Gasteiger partial charge in [0.1, 0.15) is 4.88 Å². The molecule has 1 aromatic carbocycles. The van der Waals surface area contributed by atoms with Crippen LogP contribution in [0.3, 0.4) is 0 Å². The zero-order chi connectivity index (χ0) is 15.6. The largest absolute Gasteiger partial charge is 0.348 e. The lowest BCUT2D eigenvalue weighted by Gasteiger charge is -2.08. The predicted molar refractivity (Wildman–Crippen MR) is 85.9 cm³/mol. The molecule has 3 rings (SSSR count). The van der Waals surface area contributed by atoms with Crippen LogP contribution in [0.2, 0.25) is 0 Å². The molecule has 0 bridgehead atoms. The highest BCUT2D eigenvalue weighted by atomic mass is 32.2. The number of aromatic nitrogens is 1. The van der Waals surface area contributed by atoms with Crippen molar-refractivity contribution >= 4 is 27.1 Å². The topological polar surface area (TPSA) is 76.1 Å². The fraction of sp³-hybridized carbons (Fsp3) is 0.333. The highest BCUT2D eigenvalue weighted by molar-refractivity contribution is 7.91. The third kappa shape index (κ3) is 3.72. The minimum absolute atomic E-state index is 0.0361. The van der Waals surface area contributed by atoms with E-state index in [1.165, 1.54) is 11.3 Å². The maximum absolute atomic E-state index is 12.1. The smallest absolute Gasteiger partial charge is 0.263 e. The van der Waals surface area contributed by atoms with Crippen LogP contribution in [0.5, 0.6) is 0 Å². The van der Waals surface area contributed by atoms with E-state index in [4.69, 9.17) is 0 Å². The number of nitrogens with one attached hydrogen (secondary N) is 1. The summed E-state index contributed by atoms with van der Waals surface area (Å²) in [5, 5.41) is 3.65. The van der Waals surface area contributed by atoms with E-state index in [0.29, 0.717) is 17.7 Å². The fourth-order valence-corrected chi connectivity index (χ4v) is 4.96. The predicted octanol–water partition coefficient (Wildman–Crippen LogP) is 1.65. The Morgan fingerprint density at radius 3 is 2.77 bits per heavy atom. The van der Waals surface area contributed by atoms with Crippen molar-refractivity contribution < 1.29 is 13.2 Å². The van der Waals surface area contributed by atoms with Gasteiger partial charge in [-0.05, 0) is 12.0 Å². The molecule has 1 N–H and O–H groups in total. The molecule has 0 saturated carbocycles. The van der Waals surface area contributed by atoms with Crippen molar-refractivity contribution in [3.8, 4) is 0 Å². The molecule has 1 aliphatic rings. The molecule has 1 aromatic heterocycles. The number of sulfone groups is 1. The van der Waals surface area contributed by atoms with Crippen LogP contribution < -0.4 is 5.32 Å². The van der Waals surface area contributed by atoms with Gasteiger partial charge in [0.2, 0.25) is 0 Å². The second kappa shape index (κ2) is 6.18. The number of hydrogen-bond acceptors (Lipinski definition) is 5. The fourth-order valence-electron chi connectivity index (χ4n) is 2.43. The third-order valence-electron chi connectivity index (χ3n) is 3.54. The van der Waals surface area contributed by atoms with E-state index in [9.17, 15) is 13.2 Å². The lowest BCUT2D eigenvalue weighted by molar-refractivity contribution is 0.0945. The van der Waals surface area contributed by atoms with E-state index in [2.05, 4.69) is 10.3 Å². The summed E-state index contributed by atoms with van der Waals surface area (Å²) in [4.78, 5) is 16.9. The van der Waals surface area contributed by atoms with E-state index >= 15 is 0 Å². The molecular formula is C15H16N2O3S2. The minimum Gasteiger partial charge on any atom is -0.348 e. The van der Waals surface area contributed by atoms with Gasteiger partial charge < -0.3 is 5.32 Å². The molecule has 0 aliphatic carbocycles. The summed E-state index contributed by atoms with van der Waals surface area (Å²) in [6, 6.07) is 9.65. The Bertz CT molecular complexity index is 769. The third-order valence-corrected chi connectivity index (χ3v) is 6.31. The molecule has 0 radical (unpaired) electrons. The van der Waals surface area contributed by atoms with E-state index in [0.717, 1.165) is 10.6 Å². The number of carbonyl (C=O) groups excluding carboxylic acids is 1. The number of amides is 1. The molecule has 1 saturated heterocycles. The van der Waals surface area contributed by atoms with Crippen molar-refractivity contribution in [1.29, 1.82) is 0 Å². The monoisotopic (exact) mass is 336 g/mol. The van der Waals surface area contributed by atoms with Gasteiger partial charge in [-0.15, -0.1) is 11.3 Å². The Hall–Kier alpha value is -1.73. The molecule has 0 unspecified atom stereocenters. The van der Waals surface area contributed by atoms with Gasteiger partial charge in [0.15, 0.2) is 9.84 Å². The number of carbonyl (C=O) groups is 1. The lowest BCUT2D eigenvalue weighted by atomic mass is 10.2. The summed E-state index contributed by atoms with van der Waals surface area (Å²) in [5.41, 5.74) is 1.14. The molecule has 116 valence electrons. The van der Waals surface area contributed by atoms with Gasteiger partial charge in [-0.25, -0.2) is 13.4 Å². The molecule has 1 atom stereocenters. The number of benzene rings is 1. The molecule has 1 fully saturated rings. The van der Waals surface area contributed by atoms with Crippen LogP contribution in [-0.2, 0) is 16.3 Å². The van der Waals surface area contributed by atoms with E-state index in [-0.39, 0.29) is 23.5 Å².